The quantitative estimate of drug-likeness (QED) is 0.449. The maximum absolute atomic E-state index is 12.0. The number of rotatable bonds is 3. The lowest BCUT2D eigenvalue weighted by molar-refractivity contribution is -0.161. The number of aliphatic hydroxyl groups excluding tert-OH is 1. The van der Waals surface area contributed by atoms with Crippen molar-refractivity contribution in [2.45, 2.75) is 57.1 Å². The van der Waals surface area contributed by atoms with Crippen molar-refractivity contribution in [1.29, 1.82) is 0 Å². The molecule has 0 radical (unpaired) electrons. The van der Waals surface area contributed by atoms with Crippen LogP contribution < -0.4 is 5.32 Å². The van der Waals surface area contributed by atoms with Crippen LogP contribution in [0.2, 0.25) is 0 Å². The summed E-state index contributed by atoms with van der Waals surface area (Å²) in [6.45, 7) is 5.73. The zero-order valence-electron chi connectivity index (χ0n) is 14.5. The second-order valence-electron chi connectivity index (χ2n) is 7.51. The maximum Gasteiger partial charge on any atom is 0.326 e. The Labute approximate surface area is 150 Å². The van der Waals surface area contributed by atoms with Crippen molar-refractivity contribution < 1.29 is 34.1 Å². The molecule has 25 heavy (non-hydrogen) atoms. The van der Waals surface area contributed by atoms with Crippen molar-refractivity contribution in [3.05, 3.63) is 0 Å². The molecular formula is C15H23ClN2O7. The molecule has 0 spiro atoms. The van der Waals surface area contributed by atoms with Crippen molar-refractivity contribution in [3.8, 4) is 0 Å². The molecule has 0 aromatic carbocycles. The highest BCUT2D eigenvalue weighted by Crippen LogP contribution is 2.31. The molecule has 3 N–H and O–H groups in total. The van der Waals surface area contributed by atoms with Crippen LogP contribution in [0, 0.1) is 5.41 Å². The summed E-state index contributed by atoms with van der Waals surface area (Å²) in [5, 5.41) is 21.2. The third-order valence-corrected chi connectivity index (χ3v) is 4.51. The zero-order valence-corrected chi connectivity index (χ0v) is 15.2. The van der Waals surface area contributed by atoms with Gasteiger partial charge in [-0.1, -0.05) is 0 Å². The topological polar surface area (TPSA) is 125 Å². The number of nitrogens with one attached hydrogen (secondary N) is 1. The van der Waals surface area contributed by atoms with Crippen molar-refractivity contribution in [1.82, 2.24) is 10.2 Å². The number of aliphatic hydroxyl groups is 2. The fraction of sp³-hybridized carbons (Fsp3) is 0.800. The molecule has 2 aliphatic heterocycles. The van der Waals surface area contributed by atoms with E-state index < -0.39 is 52.7 Å². The lowest BCUT2D eigenvalue weighted by Gasteiger charge is -2.39. The summed E-state index contributed by atoms with van der Waals surface area (Å²) >= 11 is 6.15. The first-order valence-electron chi connectivity index (χ1n) is 7.84. The normalized spacial score (nSPS) is 36.4. The standard InChI is InChI=1S/C15H23ClN2O7/c1-14(2,3)12(21)24-5-7-9(19)8(16)10(25-7)18-6-15(4,23)11(20)17-13(18)22/h7-10,19,23H,5-6H2,1-4H3,(H,17,20,22)/t7-,8-,9-,10-,15?/m1/s1. The van der Waals surface area contributed by atoms with Crippen LogP contribution >= 0.6 is 11.6 Å². The lowest BCUT2D eigenvalue weighted by Crippen LogP contribution is -2.66. The number of esters is 1. The van der Waals surface area contributed by atoms with Crippen LogP contribution in [-0.4, -0.2) is 75.6 Å². The summed E-state index contributed by atoms with van der Waals surface area (Å²) in [6, 6.07) is -0.785. The SMILES string of the molecule is CC(C)(C)C(=O)OC[C@H]1O[C@@H](N2CC(C)(O)C(=O)NC2=O)[C@H](Cl)[C@@H]1O. The van der Waals surface area contributed by atoms with Gasteiger partial charge in [-0.2, -0.15) is 0 Å². The molecule has 10 heteroatoms. The molecule has 5 atom stereocenters. The predicted molar refractivity (Wildman–Crippen MR) is 85.6 cm³/mol. The minimum atomic E-state index is -1.81. The highest BCUT2D eigenvalue weighted by Gasteiger charge is 2.51. The van der Waals surface area contributed by atoms with Gasteiger partial charge in [-0.05, 0) is 27.7 Å². The number of imide groups is 1. The Balaban J connectivity index is 2.05. The summed E-state index contributed by atoms with van der Waals surface area (Å²) in [4.78, 5) is 36.5. The van der Waals surface area contributed by atoms with E-state index in [-0.39, 0.29) is 13.2 Å². The fourth-order valence-electron chi connectivity index (χ4n) is 2.45. The summed E-state index contributed by atoms with van der Waals surface area (Å²) in [7, 11) is 0. The summed E-state index contributed by atoms with van der Waals surface area (Å²) in [6.07, 6.45) is -3.22. The van der Waals surface area contributed by atoms with Crippen LogP contribution in [0.15, 0.2) is 0 Å². The number of halogens is 1. The molecule has 142 valence electrons. The number of nitrogens with zero attached hydrogens (tertiary/aromatic N) is 1. The smallest absolute Gasteiger partial charge is 0.326 e. The minimum absolute atomic E-state index is 0.234. The van der Waals surface area contributed by atoms with E-state index >= 15 is 0 Å². The van der Waals surface area contributed by atoms with E-state index in [0.717, 1.165) is 4.90 Å². The molecule has 2 fully saturated rings. The van der Waals surface area contributed by atoms with Gasteiger partial charge in [-0.3, -0.25) is 19.8 Å². The van der Waals surface area contributed by atoms with Gasteiger partial charge in [0.15, 0.2) is 11.8 Å². The Kier molecular flexibility index (Phi) is 5.34. The van der Waals surface area contributed by atoms with Crippen molar-refractivity contribution in [2.24, 2.45) is 5.41 Å². The molecular weight excluding hydrogens is 356 g/mol. The van der Waals surface area contributed by atoms with E-state index in [4.69, 9.17) is 21.1 Å². The van der Waals surface area contributed by atoms with Gasteiger partial charge in [0, 0.05) is 0 Å². The number of amides is 3. The van der Waals surface area contributed by atoms with E-state index in [1.165, 1.54) is 6.92 Å². The Hall–Kier alpha value is -1.42. The van der Waals surface area contributed by atoms with Crippen LogP contribution in [-0.2, 0) is 19.1 Å². The van der Waals surface area contributed by atoms with E-state index in [9.17, 15) is 24.6 Å². The summed E-state index contributed by atoms with van der Waals surface area (Å²) < 4.78 is 10.7. The third-order valence-electron chi connectivity index (χ3n) is 4.04. The maximum atomic E-state index is 12.0. The van der Waals surface area contributed by atoms with Gasteiger partial charge in [0.25, 0.3) is 5.91 Å². The van der Waals surface area contributed by atoms with Gasteiger partial charge >= 0.3 is 12.0 Å². The third kappa shape index (κ3) is 4.05. The molecule has 2 saturated heterocycles. The molecule has 1 unspecified atom stereocenters. The molecule has 0 aromatic heterocycles. The van der Waals surface area contributed by atoms with Gasteiger partial charge in [-0.25, -0.2) is 4.79 Å². The Morgan fingerprint density at radius 2 is 2.08 bits per heavy atom. The van der Waals surface area contributed by atoms with Crippen molar-refractivity contribution in [2.75, 3.05) is 13.2 Å². The number of carbonyl (C=O) groups excluding carboxylic acids is 3. The van der Waals surface area contributed by atoms with Crippen LogP contribution in [0.4, 0.5) is 4.79 Å². The minimum Gasteiger partial charge on any atom is -0.462 e. The number of ether oxygens (including phenoxy) is 2. The van der Waals surface area contributed by atoms with Crippen LogP contribution in [0.3, 0.4) is 0 Å². The van der Waals surface area contributed by atoms with Crippen LogP contribution in [0.5, 0.6) is 0 Å². The van der Waals surface area contributed by atoms with Gasteiger partial charge in [0.2, 0.25) is 0 Å². The van der Waals surface area contributed by atoms with E-state index in [0.29, 0.717) is 0 Å². The molecule has 2 heterocycles. The molecule has 0 aliphatic carbocycles. The number of carbonyl (C=O) groups is 3. The number of urea groups is 1. The number of alkyl halides is 1. The molecule has 0 aromatic rings. The highest BCUT2D eigenvalue weighted by atomic mass is 35.5. The Morgan fingerprint density at radius 1 is 1.48 bits per heavy atom. The van der Waals surface area contributed by atoms with E-state index in [1.807, 2.05) is 5.32 Å². The zero-order chi connectivity index (χ0) is 19.2. The second kappa shape index (κ2) is 6.71. The average molecular weight is 379 g/mol. The van der Waals surface area contributed by atoms with E-state index in [2.05, 4.69) is 0 Å². The molecule has 0 saturated carbocycles. The van der Waals surface area contributed by atoms with Gasteiger partial charge in [-0.15, -0.1) is 11.6 Å². The number of hydrogen-bond acceptors (Lipinski definition) is 7. The molecule has 3 amide bonds. The van der Waals surface area contributed by atoms with Crippen LogP contribution in [0.25, 0.3) is 0 Å². The largest absolute Gasteiger partial charge is 0.462 e. The average Bonchev–Trinajstić information content (AvgIpc) is 2.76. The summed E-state index contributed by atoms with van der Waals surface area (Å²) in [5.74, 6) is -1.30. The monoisotopic (exact) mass is 378 g/mol. The first-order chi connectivity index (χ1) is 11.3. The van der Waals surface area contributed by atoms with Crippen molar-refractivity contribution in [3.63, 3.8) is 0 Å². The molecule has 0 bridgehead atoms. The number of β-amino-alcohol motifs (C(OH)–C–C–N with tert-alkyl or cyclic N) is 1. The van der Waals surface area contributed by atoms with Gasteiger partial charge < -0.3 is 19.7 Å². The van der Waals surface area contributed by atoms with Crippen molar-refractivity contribution >= 4 is 29.5 Å². The Bertz CT molecular complexity index is 575. The highest BCUT2D eigenvalue weighted by molar-refractivity contribution is 6.21. The van der Waals surface area contributed by atoms with E-state index in [1.54, 1.807) is 20.8 Å². The van der Waals surface area contributed by atoms with Gasteiger partial charge in [0.05, 0.1) is 12.0 Å². The first-order valence-corrected chi connectivity index (χ1v) is 8.27. The van der Waals surface area contributed by atoms with Crippen LogP contribution in [0.1, 0.15) is 27.7 Å². The Morgan fingerprint density at radius 3 is 2.64 bits per heavy atom. The lowest BCUT2D eigenvalue weighted by atomic mass is 9.97. The molecule has 9 nitrogen and oxygen atoms in total. The number of hydrogen-bond donors (Lipinski definition) is 3. The molecule has 2 rings (SSSR count). The predicted octanol–water partition coefficient (Wildman–Crippen LogP) is -0.428. The molecule has 2 aliphatic rings. The summed E-state index contributed by atoms with van der Waals surface area (Å²) in [5.41, 5.74) is -2.52. The van der Waals surface area contributed by atoms with Gasteiger partial charge in [0.1, 0.15) is 24.2 Å². The second-order valence-corrected chi connectivity index (χ2v) is 8.01. The first kappa shape index (κ1) is 19.9. The fourth-order valence-corrected chi connectivity index (χ4v) is 2.81.